The van der Waals surface area contributed by atoms with E-state index in [1.54, 1.807) is 0 Å². The molecule has 0 unspecified atom stereocenters. The number of rotatable bonds is 9. The molecule has 0 aliphatic carbocycles. The lowest BCUT2D eigenvalue weighted by molar-refractivity contribution is 0.340. The van der Waals surface area contributed by atoms with Crippen molar-refractivity contribution in [3.63, 3.8) is 0 Å². The summed E-state index contributed by atoms with van der Waals surface area (Å²) < 4.78 is 11.2. The fourth-order valence-corrected chi connectivity index (χ4v) is 2.62. The average molecular weight is 324 g/mol. The molecule has 2 aromatic carbocycles. The highest BCUT2D eigenvalue weighted by atomic mass is 16.5. The van der Waals surface area contributed by atoms with E-state index in [-0.39, 0.29) is 0 Å². The van der Waals surface area contributed by atoms with Gasteiger partial charge < -0.3 is 19.8 Å². The Morgan fingerprint density at radius 3 is 2.42 bits per heavy atom. The van der Waals surface area contributed by atoms with E-state index in [0.29, 0.717) is 6.61 Å². The molecule has 0 spiro atoms. The number of furan rings is 1. The van der Waals surface area contributed by atoms with Crippen LogP contribution in [0.5, 0.6) is 5.75 Å². The van der Waals surface area contributed by atoms with Crippen molar-refractivity contribution < 1.29 is 9.15 Å². The summed E-state index contributed by atoms with van der Waals surface area (Å²) in [5.41, 5.74) is 2.21. The van der Waals surface area contributed by atoms with Gasteiger partial charge in [-0.05, 0) is 36.8 Å². The second kappa shape index (κ2) is 8.52. The number of hydrogen-bond donors (Lipinski definition) is 2. The van der Waals surface area contributed by atoms with E-state index in [1.165, 1.54) is 5.56 Å². The molecule has 0 aliphatic rings. The number of ether oxygens (including phenoxy) is 1. The first-order valence-corrected chi connectivity index (χ1v) is 8.46. The minimum atomic E-state index is 0.703. The minimum Gasteiger partial charge on any atom is -0.494 e. The lowest BCUT2D eigenvalue weighted by atomic mass is 10.2. The van der Waals surface area contributed by atoms with Crippen molar-refractivity contribution in [3.05, 3.63) is 65.9 Å². The maximum Gasteiger partial charge on any atom is 0.134 e. The maximum absolute atomic E-state index is 5.78. The van der Waals surface area contributed by atoms with Crippen molar-refractivity contribution in [1.29, 1.82) is 0 Å². The first-order valence-electron chi connectivity index (χ1n) is 8.46. The molecule has 0 aliphatic heterocycles. The van der Waals surface area contributed by atoms with Crippen LogP contribution in [0.15, 0.2) is 59.0 Å². The summed E-state index contributed by atoms with van der Waals surface area (Å²) in [6.45, 7) is 6.11. The molecule has 2 N–H and O–H groups in total. The summed E-state index contributed by atoms with van der Waals surface area (Å²) >= 11 is 0. The Morgan fingerprint density at radius 1 is 0.917 bits per heavy atom. The Hall–Kier alpha value is -2.30. The molecule has 4 heteroatoms. The van der Waals surface area contributed by atoms with Gasteiger partial charge in [-0.2, -0.15) is 0 Å². The lowest BCUT2D eigenvalue weighted by Crippen LogP contribution is -2.26. The van der Waals surface area contributed by atoms with Gasteiger partial charge in [-0.1, -0.05) is 30.3 Å². The van der Waals surface area contributed by atoms with Gasteiger partial charge in [0, 0.05) is 25.0 Å². The Morgan fingerprint density at radius 2 is 1.67 bits per heavy atom. The van der Waals surface area contributed by atoms with E-state index in [4.69, 9.17) is 9.15 Å². The van der Waals surface area contributed by atoms with Crippen molar-refractivity contribution in [2.45, 2.75) is 20.0 Å². The summed E-state index contributed by atoms with van der Waals surface area (Å²) in [4.78, 5) is 0. The normalized spacial score (nSPS) is 11.0. The molecule has 0 radical (unpaired) electrons. The van der Waals surface area contributed by atoms with Crippen LogP contribution in [-0.4, -0.2) is 19.7 Å². The zero-order valence-corrected chi connectivity index (χ0v) is 14.0. The number of benzene rings is 2. The second-order valence-corrected chi connectivity index (χ2v) is 5.68. The van der Waals surface area contributed by atoms with Gasteiger partial charge in [0.1, 0.15) is 17.1 Å². The van der Waals surface area contributed by atoms with Crippen molar-refractivity contribution >= 4 is 11.0 Å². The SMILES string of the molecule is CCOc1ccc(CNCCNCc2cc3ccccc3o2)cc1. The molecule has 0 saturated heterocycles. The summed E-state index contributed by atoms with van der Waals surface area (Å²) in [5.74, 6) is 1.90. The molecule has 1 heterocycles. The quantitative estimate of drug-likeness (QED) is 0.589. The summed E-state index contributed by atoms with van der Waals surface area (Å²) in [6.07, 6.45) is 0. The van der Waals surface area contributed by atoms with E-state index >= 15 is 0 Å². The van der Waals surface area contributed by atoms with Crippen LogP contribution in [-0.2, 0) is 13.1 Å². The number of para-hydroxylation sites is 1. The van der Waals surface area contributed by atoms with E-state index < -0.39 is 0 Å². The van der Waals surface area contributed by atoms with Crippen LogP contribution in [0, 0.1) is 0 Å². The monoisotopic (exact) mass is 324 g/mol. The fourth-order valence-electron chi connectivity index (χ4n) is 2.62. The third-order valence-corrected chi connectivity index (χ3v) is 3.82. The Labute approximate surface area is 142 Å². The van der Waals surface area contributed by atoms with Gasteiger partial charge in [0.05, 0.1) is 13.2 Å². The first kappa shape index (κ1) is 16.6. The molecular weight excluding hydrogens is 300 g/mol. The zero-order chi connectivity index (χ0) is 16.6. The van der Waals surface area contributed by atoms with Gasteiger partial charge in [-0.15, -0.1) is 0 Å². The van der Waals surface area contributed by atoms with Crippen LogP contribution in [0.25, 0.3) is 11.0 Å². The molecule has 3 aromatic rings. The first-order chi connectivity index (χ1) is 11.8. The molecule has 0 atom stereocenters. The predicted molar refractivity (Wildman–Crippen MR) is 97.2 cm³/mol. The van der Waals surface area contributed by atoms with Gasteiger partial charge in [0.15, 0.2) is 0 Å². The molecule has 0 fully saturated rings. The molecule has 3 rings (SSSR count). The molecule has 0 saturated carbocycles. The summed E-state index contributed by atoms with van der Waals surface area (Å²) in [5, 5.41) is 7.99. The summed E-state index contributed by atoms with van der Waals surface area (Å²) in [6, 6.07) is 18.4. The van der Waals surface area contributed by atoms with Crippen LogP contribution in [0.1, 0.15) is 18.2 Å². The molecular formula is C20H24N2O2. The number of nitrogens with one attached hydrogen (secondary N) is 2. The van der Waals surface area contributed by atoms with Crippen LogP contribution in [0.4, 0.5) is 0 Å². The Balaban J connectivity index is 1.33. The number of fused-ring (bicyclic) bond motifs is 1. The van der Waals surface area contributed by atoms with Crippen LogP contribution in [0.2, 0.25) is 0 Å². The molecule has 4 nitrogen and oxygen atoms in total. The third kappa shape index (κ3) is 4.60. The van der Waals surface area contributed by atoms with Crippen molar-refractivity contribution in [2.24, 2.45) is 0 Å². The van der Waals surface area contributed by atoms with Crippen molar-refractivity contribution in [2.75, 3.05) is 19.7 Å². The lowest BCUT2D eigenvalue weighted by Gasteiger charge is -2.07. The van der Waals surface area contributed by atoms with Gasteiger partial charge in [-0.3, -0.25) is 0 Å². The molecule has 24 heavy (non-hydrogen) atoms. The summed E-state index contributed by atoms with van der Waals surface area (Å²) in [7, 11) is 0. The highest BCUT2D eigenvalue weighted by molar-refractivity contribution is 5.77. The minimum absolute atomic E-state index is 0.703. The van der Waals surface area contributed by atoms with Crippen molar-refractivity contribution in [3.8, 4) is 5.75 Å². The van der Waals surface area contributed by atoms with E-state index in [9.17, 15) is 0 Å². The van der Waals surface area contributed by atoms with Crippen molar-refractivity contribution in [1.82, 2.24) is 10.6 Å². The Bertz CT molecular complexity index is 717. The maximum atomic E-state index is 5.78. The molecule has 1 aromatic heterocycles. The van der Waals surface area contributed by atoms with Gasteiger partial charge in [0.25, 0.3) is 0 Å². The molecule has 0 amide bonds. The van der Waals surface area contributed by atoms with Crippen LogP contribution < -0.4 is 15.4 Å². The fraction of sp³-hybridized carbons (Fsp3) is 0.300. The number of hydrogen-bond acceptors (Lipinski definition) is 4. The highest BCUT2D eigenvalue weighted by Gasteiger charge is 2.02. The smallest absolute Gasteiger partial charge is 0.134 e. The van der Waals surface area contributed by atoms with Crippen LogP contribution in [0.3, 0.4) is 0 Å². The van der Waals surface area contributed by atoms with Gasteiger partial charge >= 0.3 is 0 Å². The van der Waals surface area contributed by atoms with Gasteiger partial charge in [0.2, 0.25) is 0 Å². The van der Waals surface area contributed by atoms with E-state index in [1.807, 2.05) is 37.3 Å². The second-order valence-electron chi connectivity index (χ2n) is 5.68. The van der Waals surface area contributed by atoms with Gasteiger partial charge in [-0.25, -0.2) is 0 Å². The van der Waals surface area contributed by atoms with Crippen LogP contribution >= 0.6 is 0 Å². The Kier molecular flexibility index (Phi) is 5.88. The standard InChI is InChI=1S/C20H24N2O2/c1-2-23-18-9-7-16(8-10-18)14-21-11-12-22-15-19-13-17-5-3-4-6-20(17)24-19/h3-10,13,21-22H,2,11-12,14-15H2,1H3. The average Bonchev–Trinajstić information content (AvgIpc) is 3.02. The third-order valence-electron chi connectivity index (χ3n) is 3.82. The topological polar surface area (TPSA) is 46.4 Å². The van der Waals surface area contributed by atoms with E-state index in [2.05, 4.69) is 34.9 Å². The molecule has 0 bridgehead atoms. The van der Waals surface area contributed by atoms with E-state index in [0.717, 1.165) is 48.7 Å². The molecule has 126 valence electrons. The predicted octanol–water partition coefficient (Wildman–Crippen LogP) is 3.71. The highest BCUT2D eigenvalue weighted by Crippen LogP contribution is 2.18. The zero-order valence-electron chi connectivity index (χ0n) is 14.0. The largest absolute Gasteiger partial charge is 0.494 e.